The molecule has 0 fully saturated rings. The second kappa shape index (κ2) is 9.79. The van der Waals surface area contributed by atoms with Crippen LogP contribution in [0.2, 0.25) is 0 Å². The molecule has 0 spiro atoms. The van der Waals surface area contributed by atoms with E-state index in [-0.39, 0.29) is 31.0 Å². The van der Waals surface area contributed by atoms with Gasteiger partial charge in [-0.05, 0) is 36.4 Å². The molecule has 0 saturated carbocycles. The minimum atomic E-state index is -0.243. The minimum Gasteiger partial charge on any atom is -0.497 e. The van der Waals surface area contributed by atoms with E-state index in [9.17, 15) is 9.59 Å². The lowest BCUT2D eigenvalue weighted by molar-refractivity contribution is -0.862. The highest BCUT2D eigenvalue weighted by Crippen LogP contribution is 2.30. The Morgan fingerprint density at radius 1 is 1.07 bits per heavy atom. The molecule has 3 N–H and O–H groups in total. The summed E-state index contributed by atoms with van der Waals surface area (Å²) >= 11 is 0. The van der Waals surface area contributed by atoms with E-state index in [4.69, 9.17) is 14.2 Å². The zero-order valence-electron chi connectivity index (χ0n) is 16.6. The molecule has 1 aliphatic rings. The van der Waals surface area contributed by atoms with Gasteiger partial charge in [0.25, 0.3) is 11.8 Å². The maximum atomic E-state index is 12.2. The predicted octanol–water partition coefficient (Wildman–Crippen LogP) is 0.105. The third kappa shape index (κ3) is 6.11. The SMILES string of the molecule is COc1ccc(NC(=O)C[NH+](C)CC(=O)NC[C@@H]2COc3ccccc3O2)cc1. The number of methoxy groups -OCH3 is 1. The summed E-state index contributed by atoms with van der Waals surface area (Å²) in [6.45, 7) is 1.08. The molecular weight excluding hydrogens is 374 g/mol. The number of anilines is 1. The number of hydrogen-bond donors (Lipinski definition) is 3. The van der Waals surface area contributed by atoms with Crippen LogP contribution in [0.3, 0.4) is 0 Å². The van der Waals surface area contributed by atoms with Gasteiger partial charge in [-0.25, -0.2) is 0 Å². The fourth-order valence-electron chi connectivity index (χ4n) is 2.94. The quantitative estimate of drug-likeness (QED) is 0.585. The van der Waals surface area contributed by atoms with Crippen molar-refractivity contribution >= 4 is 17.5 Å². The molecule has 2 amide bonds. The second-order valence-electron chi connectivity index (χ2n) is 6.89. The Bertz CT molecular complexity index is 840. The van der Waals surface area contributed by atoms with E-state index in [2.05, 4.69) is 10.6 Å². The van der Waals surface area contributed by atoms with Gasteiger partial charge in [-0.2, -0.15) is 0 Å². The van der Waals surface area contributed by atoms with E-state index >= 15 is 0 Å². The fraction of sp³-hybridized carbons (Fsp3) is 0.333. The van der Waals surface area contributed by atoms with Crippen LogP contribution >= 0.6 is 0 Å². The molecular formula is C21H26N3O5+. The van der Waals surface area contributed by atoms with Crippen molar-refractivity contribution in [3.05, 3.63) is 48.5 Å². The summed E-state index contributed by atoms with van der Waals surface area (Å²) < 4.78 is 16.5. The molecule has 29 heavy (non-hydrogen) atoms. The summed E-state index contributed by atoms with van der Waals surface area (Å²) in [6, 6.07) is 14.5. The number of carbonyl (C=O) groups is 2. The summed E-state index contributed by atoms with van der Waals surface area (Å²) in [5, 5.41) is 5.65. The van der Waals surface area contributed by atoms with Crippen LogP contribution in [0.1, 0.15) is 0 Å². The van der Waals surface area contributed by atoms with Crippen LogP contribution in [0.5, 0.6) is 17.2 Å². The van der Waals surface area contributed by atoms with Gasteiger partial charge in [0, 0.05) is 5.69 Å². The lowest BCUT2D eigenvalue weighted by atomic mass is 10.2. The number of nitrogens with one attached hydrogen (secondary N) is 3. The predicted molar refractivity (Wildman–Crippen MR) is 108 cm³/mol. The zero-order chi connectivity index (χ0) is 20.6. The van der Waals surface area contributed by atoms with Gasteiger partial charge in [-0.15, -0.1) is 0 Å². The van der Waals surface area contributed by atoms with Crippen molar-refractivity contribution in [2.75, 3.05) is 45.7 Å². The molecule has 2 aromatic carbocycles. The molecule has 0 bridgehead atoms. The third-order valence-electron chi connectivity index (χ3n) is 4.39. The van der Waals surface area contributed by atoms with E-state index in [0.29, 0.717) is 30.3 Å². The normalized spacial score (nSPS) is 15.9. The van der Waals surface area contributed by atoms with Crippen molar-refractivity contribution < 1.29 is 28.7 Å². The number of para-hydroxylation sites is 2. The first kappa shape index (κ1) is 20.5. The molecule has 1 aliphatic heterocycles. The highest BCUT2D eigenvalue weighted by Gasteiger charge is 2.22. The molecule has 154 valence electrons. The summed E-state index contributed by atoms with van der Waals surface area (Å²) in [5.74, 6) is 1.79. The van der Waals surface area contributed by atoms with Crippen molar-refractivity contribution in [1.82, 2.24) is 5.32 Å². The number of likely N-dealkylation sites (N-methyl/N-ethyl adjacent to an activating group) is 1. The first-order chi connectivity index (χ1) is 14.0. The smallest absolute Gasteiger partial charge is 0.279 e. The Labute approximate surface area is 169 Å². The average molecular weight is 400 g/mol. The maximum Gasteiger partial charge on any atom is 0.279 e. The van der Waals surface area contributed by atoms with Crippen molar-refractivity contribution in [2.45, 2.75) is 6.10 Å². The van der Waals surface area contributed by atoms with E-state index in [1.807, 2.05) is 24.3 Å². The number of benzene rings is 2. The van der Waals surface area contributed by atoms with Gasteiger partial charge in [0.2, 0.25) is 0 Å². The van der Waals surface area contributed by atoms with Gasteiger partial charge < -0.3 is 29.7 Å². The molecule has 0 saturated heterocycles. The van der Waals surface area contributed by atoms with Crippen LogP contribution in [0.4, 0.5) is 5.69 Å². The molecule has 0 radical (unpaired) electrons. The van der Waals surface area contributed by atoms with Gasteiger partial charge in [-0.3, -0.25) is 9.59 Å². The largest absolute Gasteiger partial charge is 0.497 e. The average Bonchev–Trinajstić information content (AvgIpc) is 2.72. The third-order valence-corrected chi connectivity index (χ3v) is 4.39. The summed E-state index contributed by atoms with van der Waals surface area (Å²) in [5.41, 5.74) is 0.683. The standard InChI is InChI=1S/C21H25N3O5/c1-24(13-21(26)23-15-7-9-16(27-2)10-8-15)12-20(25)22-11-17-14-28-18-5-3-4-6-19(18)29-17/h3-10,17H,11-14H2,1-2H3,(H,22,25)(H,23,26)/p+1/t17-/m1/s1. The van der Waals surface area contributed by atoms with Crippen molar-refractivity contribution in [1.29, 1.82) is 0 Å². The van der Waals surface area contributed by atoms with E-state index in [1.165, 1.54) is 0 Å². The number of fused-ring (bicyclic) bond motifs is 1. The van der Waals surface area contributed by atoms with Crippen LogP contribution < -0.4 is 29.7 Å². The molecule has 3 rings (SSSR count). The molecule has 0 aliphatic carbocycles. The highest BCUT2D eigenvalue weighted by atomic mass is 16.6. The molecule has 8 heteroatoms. The molecule has 0 aromatic heterocycles. The van der Waals surface area contributed by atoms with Crippen LogP contribution in [-0.2, 0) is 9.59 Å². The first-order valence-corrected chi connectivity index (χ1v) is 9.44. The molecule has 1 heterocycles. The minimum absolute atomic E-state index is 0.151. The lowest BCUT2D eigenvalue weighted by Gasteiger charge is -2.26. The number of quaternary nitrogens is 1. The number of carbonyl (C=O) groups excluding carboxylic acids is 2. The Morgan fingerprint density at radius 2 is 1.76 bits per heavy atom. The van der Waals surface area contributed by atoms with Gasteiger partial charge in [0.15, 0.2) is 24.6 Å². The fourth-order valence-corrected chi connectivity index (χ4v) is 2.94. The Hall–Kier alpha value is -3.26. The van der Waals surface area contributed by atoms with E-state index in [1.54, 1.807) is 38.4 Å². The topological polar surface area (TPSA) is 90.3 Å². The van der Waals surface area contributed by atoms with Gasteiger partial charge in [0.1, 0.15) is 18.5 Å². The molecule has 1 unspecified atom stereocenters. The van der Waals surface area contributed by atoms with Crippen LogP contribution in [0.25, 0.3) is 0 Å². The number of rotatable bonds is 8. The maximum absolute atomic E-state index is 12.2. The van der Waals surface area contributed by atoms with E-state index < -0.39 is 0 Å². The molecule has 2 aromatic rings. The molecule has 2 atom stereocenters. The van der Waals surface area contributed by atoms with Crippen LogP contribution in [-0.4, -0.2) is 58.3 Å². The van der Waals surface area contributed by atoms with Gasteiger partial charge in [0.05, 0.1) is 20.7 Å². The number of hydrogen-bond acceptors (Lipinski definition) is 5. The summed E-state index contributed by atoms with van der Waals surface area (Å²) in [6.07, 6.45) is -0.243. The van der Waals surface area contributed by atoms with Gasteiger partial charge in [-0.1, -0.05) is 12.1 Å². The zero-order valence-corrected chi connectivity index (χ0v) is 16.6. The highest BCUT2D eigenvalue weighted by molar-refractivity contribution is 5.91. The van der Waals surface area contributed by atoms with Crippen molar-refractivity contribution in [3.63, 3.8) is 0 Å². The summed E-state index contributed by atoms with van der Waals surface area (Å²) in [4.78, 5) is 25.1. The van der Waals surface area contributed by atoms with Gasteiger partial charge >= 0.3 is 0 Å². The second-order valence-corrected chi connectivity index (χ2v) is 6.89. The van der Waals surface area contributed by atoms with E-state index in [0.717, 1.165) is 10.6 Å². The van der Waals surface area contributed by atoms with Crippen molar-refractivity contribution in [2.24, 2.45) is 0 Å². The molecule has 8 nitrogen and oxygen atoms in total. The number of ether oxygens (including phenoxy) is 3. The van der Waals surface area contributed by atoms with Crippen LogP contribution in [0.15, 0.2) is 48.5 Å². The first-order valence-electron chi connectivity index (χ1n) is 9.44. The monoisotopic (exact) mass is 400 g/mol. The van der Waals surface area contributed by atoms with Crippen LogP contribution in [0, 0.1) is 0 Å². The Morgan fingerprint density at radius 3 is 2.48 bits per heavy atom. The van der Waals surface area contributed by atoms with Crippen molar-refractivity contribution in [3.8, 4) is 17.2 Å². The Balaban J connectivity index is 1.37. The Kier molecular flexibility index (Phi) is 6.91. The number of amides is 2. The summed E-state index contributed by atoms with van der Waals surface area (Å²) in [7, 11) is 3.38. The lowest BCUT2D eigenvalue weighted by Crippen LogP contribution is -3.11.